The first-order valence-electron chi connectivity index (χ1n) is 6.44. The Morgan fingerprint density at radius 3 is 2.33 bits per heavy atom. The van der Waals surface area contributed by atoms with Gasteiger partial charge in [0.2, 0.25) is 0 Å². The first-order chi connectivity index (χ1) is 9.88. The van der Waals surface area contributed by atoms with E-state index in [0.717, 1.165) is 12.1 Å². The smallest absolute Gasteiger partial charge is 0.196 e. The van der Waals surface area contributed by atoms with Crippen LogP contribution in [0.15, 0.2) is 36.4 Å². The molecular weight excluding hydrogens is 276 g/mol. The largest absolute Gasteiger partial charge is 0.491 e. The SMILES string of the molecule is CC(C)Oc1ccc(C(=O)c2cc(F)cc(N)c2F)cc1. The van der Waals surface area contributed by atoms with Crippen molar-refractivity contribution in [3.05, 3.63) is 59.2 Å². The van der Waals surface area contributed by atoms with E-state index in [-0.39, 0.29) is 17.2 Å². The van der Waals surface area contributed by atoms with Gasteiger partial charge in [0.15, 0.2) is 11.6 Å². The van der Waals surface area contributed by atoms with Crippen molar-refractivity contribution in [3.8, 4) is 5.75 Å². The minimum atomic E-state index is -0.913. The summed E-state index contributed by atoms with van der Waals surface area (Å²) in [6.07, 6.45) is 0.00649. The molecule has 0 unspecified atom stereocenters. The van der Waals surface area contributed by atoms with Gasteiger partial charge in [0.05, 0.1) is 17.4 Å². The molecule has 110 valence electrons. The Labute approximate surface area is 121 Å². The Bertz CT molecular complexity index is 667. The van der Waals surface area contributed by atoms with Crippen molar-refractivity contribution in [2.75, 3.05) is 5.73 Å². The molecule has 5 heteroatoms. The number of hydrogen-bond acceptors (Lipinski definition) is 3. The number of nitrogens with two attached hydrogens (primary N) is 1. The van der Waals surface area contributed by atoms with Crippen molar-refractivity contribution in [1.82, 2.24) is 0 Å². The standard InChI is InChI=1S/C16H15F2NO2/c1-9(2)21-12-5-3-10(4-6-12)16(20)13-7-11(17)8-14(19)15(13)18/h3-9H,19H2,1-2H3. The summed E-state index contributed by atoms with van der Waals surface area (Å²) >= 11 is 0. The Balaban J connectivity index is 2.32. The number of ether oxygens (including phenoxy) is 1. The number of carbonyl (C=O) groups excluding carboxylic acids is 1. The van der Waals surface area contributed by atoms with E-state index in [1.54, 1.807) is 12.1 Å². The molecule has 0 spiro atoms. The van der Waals surface area contributed by atoms with Crippen LogP contribution in [0.1, 0.15) is 29.8 Å². The second kappa shape index (κ2) is 5.91. The Kier molecular flexibility index (Phi) is 4.21. The zero-order chi connectivity index (χ0) is 15.6. The Hall–Kier alpha value is -2.43. The number of halogens is 2. The number of benzene rings is 2. The molecule has 2 rings (SSSR count). The van der Waals surface area contributed by atoms with Gasteiger partial charge in [0.25, 0.3) is 0 Å². The molecule has 2 N–H and O–H groups in total. The molecule has 0 heterocycles. The number of anilines is 1. The number of hydrogen-bond donors (Lipinski definition) is 1. The number of rotatable bonds is 4. The molecule has 0 fully saturated rings. The van der Waals surface area contributed by atoms with E-state index in [4.69, 9.17) is 10.5 Å². The summed E-state index contributed by atoms with van der Waals surface area (Å²) in [4.78, 5) is 12.2. The van der Waals surface area contributed by atoms with Gasteiger partial charge in [-0.15, -0.1) is 0 Å². The lowest BCUT2D eigenvalue weighted by atomic mass is 10.0. The third-order valence-corrected chi connectivity index (χ3v) is 2.80. The molecule has 2 aromatic carbocycles. The van der Waals surface area contributed by atoms with Crippen molar-refractivity contribution in [2.24, 2.45) is 0 Å². The molecular formula is C16H15F2NO2. The lowest BCUT2D eigenvalue weighted by molar-refractivity contribution is 0.103. The van der Waals surface area contributed by atoms with E-state index >= 15 is 0 Å². The highest BCUT2D eigenvalue weighted by molar-refractivity contribution is 6.09. The first-order valence-corrected chi connectivity index (χ1v) is 6.44. The van der Waals surface area contributed by atoms with E-state index in [1.807, 2.05) is 13.8 Å². The van der Waals surface area contributed by atoms with Crippen LogP contribution in [0.4, 0.5) is 14.5 Å². The Morgan fingerprint density at radius 2 is 1.76 bits per heavy atom. The van der Waals surface area contributed by atoms with Gasteiger partial charge in [-0.1, -0.05) is 0 Å². The summed E-state index contributed by atoms with van der Waals surface area (Å²) in [5.74, 6) is -1.70. The molecule has 0 amide bonds. The fraction of sp³-hybridized carbons (Fsp3) is 0.188. The highest BCUT2D eigenvalue weighted by Gasteiger charge is 2.17. The predicted octanol–water partition coefficient (Wildman–Crippen LogP) is 3.57. The van der Waals surface area contributed by atoms with Gasteiger partial charge in [0, 0.05) is 5.56 Å². The van der Waals surface area contributed by atoms with Crippen molar-refractivity contribution >= 4 is 11.5 Å². The minimum absolute atomic E-state index is 0.00649. The summed E-state index contributed by atoms with van der Waals surface area (Å²) in [6.45, 7) is 3.76. The summed E-state index contributed by atoms with van der Waals surface area (Å²) in [5, 5.41) is 0. The normalized spacial score (nSPS) is 10.7. The molecule has 0 atom stereocenters. The molecule has 0 aliphatic heterocycles. The van der Waals surface area contributed by atoms with Gasteiger partial charge in [-0.25, -0.2) is 8.78 Å². The van der Waals surface area contributed by atoms with Gasteiger partial charge in [0.1, 0.15) is 11.6 Å². The third-order valence-electron chi connectivity index (χ3n) is 2.80. The van der Waals surface area contributed by atoms with Crippen LogP contribution >= 0.6 is 0 Å². The maximum absolute atomic E-state index is 13.8. The van der Waals surface area contributed by atoms with E-state index in [1.165, 1.54) is 12.1 Å². The summed E-state index contributed by atoms with van der Waals surface area (Å²) in [6, 6.07) is 7.89. The van der Waals surface area contributed by atoms with Crippen molar-refractivity contribution in [2.45, 2.75) is 20.0 Å². The quantitative estimate of drug-likeness (QED) is 0.692. The average Bonchev–Trinajstić information content (AvgIpc) is 2.42. The van der Waals surface area contributed by atoms with Gasteiger partial charge >= 0.3 is 0 Å². The zero-order valence-electron chi connectivity index (χ0n) is 11.7. The fourth-order valence-corrected chi connectivity index (χ4v) is 1.89. The number of nitrogen functional groups attached to an aromatic ring is 1. The molecule has 0 aliphatic rings. The van der Waals surface area contributed by atoms with Crippen LogP contribution in [0.5, 0.6) is 5.75 Å². The number of ketones is 1. The molecule has 3 nitrogen and oxygen atoms in total. The van der Waals surface area contributed by atoms with Crippen LogP contribution in [-0.2, 0) is 0 Å². The van der Waals surface area contributed by atoms with Gasteiger partial charge in [-0.3, -0.25) is 4.79 Å². The van der Waals surface area contributed by atoms with Crippen LogP contribution in [0.3, 0.4) is 0 Å². The highest BCUT2D eigenvalue weighted by Crippen LogP contribution is 2.22. The fourth-order valence-electron chi connectivity index (χ4n) is 1.89. The second-order valence-corrected chi connectivity index (χ2v) is 4.88. The average molecular weight is 291 g/mol. The second-order valence-electron chi connectivity index (χ2n) is 4.88. The maximum Gasteiger partial charge on any atom is 0.196 e. The first kappa shape index (κ1) is 15.0. The molecule has 0 aromatic heterocycles. The van der Waals surface area contributed by atoms with Crippen LogP contribution in [0, 0.1) is 11.6 Å². The topological polar surface area (TPSA) is 52.3 Å². The molecule has 21 heavy (non-hydrogen) atoms. The van der Waals surface area contributed by atoms with Crippen molar-refractivity contribution < 1.29 is 18.3 Å². The molecule has 0 saturated carbocycles. The van der Waals surface area contributed by atoms with Gasteiger partial charge in [-0.2, -0.15) is 0 Å². The third kappa shape index (κ3) is 3.37. The predicted molar refractivity (Wildman–Crippen MR) is 76.4 cm³/mol. The van der Waals surface area contributed by atoms with E-state index < -0.39 is 23.1 Å². The maximum atomic E-state index is 13.8. The molecule has 0 aliphatic carbocycles. The monoisotopic (exact) mass is 291 g/mol. The minimum Gasteiger partial charge on any atom is -0.491 e. The summed E-state index contributed by atoms with van der Waals surface area (Å²) in [5.41, 5.74) is 4.79. The summed E-state index contributed by atoms with van der Waals surface area (Å²) in [7, 11) is 0. The molecule has 0 bridgehead atoms. The van der Waals surface area contributed by atoms with Crippen molar-refractivity contribution in [1.29, 1.82) is 0 Å². The van der Waals surface area contributed by atoms with Crippen molar-refractivity contribution in [3.63, 3.8) is 0 Å². The van der Waals surface area contributed by atoms with Crippen LogP contribution in [0.2, 0.25) is 0 Å². The van der Waals surface area contributed by atoms with E-state index in [2.05, 4.69) is 0 Å². The van der Waals surface area contributed by atoms with Crippen LogP contribution in [-0.4, -0.2) is 11.9 Å². The van der Waals surface area contributed by atoms with Crippen LogP contribution in [0.25, 0.3) is 0 Å². The van der Waals surface area contributed by atoms with Gasteiger partial charge < -0.3 is 10.5 Å². The highest BCUT2D eigenvalue weighted by atomic mass is 19.1. The lowest BCUT2D eigenvalue weighted by Crippen LogP contribution is -2.08. The lowest BCUT2D eigenvalue weighted by Gasteiger charge is -2.10. The van der Waals surface area contributed by atoms with Gasteiger partial charge in [-0.05, 0) is 50.2 Å². The molecule has 0 radical (unpaired) electrons. The van der Waals surface area contributed by atoms with Crippen LogP contribution < -0.4 is 10.5 Å². The molecule has 0 saturated heterocycles. The van der Waals surface area contributed by atoms with E-state index in [9.17, 15) is 13.6 Å². The Morgan fingerprint density at radius 1 is 1.14 bits per heavy atom. The van der Waals surface area contributed by atoms with E-state index in [0.29, 0.717) is 5.75 Å². The number of carbonyl (C=O) groups is 1. The summed E-state index contributed by atoms with van der Waals surface area (Å²) < 4.78 is 32.6. The molecule has 2 aromatic rings. The zero-order valence-corrected chi connectivity index (χ0v) is 11.7.